The van der Waals surface area contributed by atoms with Crippen LogP contribution >= 0.6 is 0 Å². The van der Waals surface area contributed by atoms with Crippen LogP contribution in [0.25, 0.3) is 0 Å². The molecule has 0 aromatic rings. The van der Waals surface area contributed by atoms with Gasteiger partial charge in [-0.3, -0.25) is 0 Å². The lowest BCUT2D eigenvalue weighted by Gasteiger charge is -2.36. The van der Waals surface area contributed by atoms with E-state index in [1.54, 1.807) is 0 Å². The molecule has 1 aliphatic carbocycles. The number of hydrogen-bond donors (Lipinski definition) is 3. The van der Waals surface area contributed by atoms with Gasteiger partial charge in [0.1, 0.15) is 0 Å². The molecule has 0 saturated heterocycles. The molecular formula is C10H20N2O2. The number of rotatable bonds is 2. The topological polar surface area (TPSA) is 75.3 Å². The third-order valence-corrected chi connectivity index (χ3v) is 3.14. The van der Waals surface area contributed by atoms with Gasteiger partial charge >= 0.3 is 6.09 Å². The molecule has 0 heterocycles. The van der Waals surface area contributed by atoms with E-state index in [0.717, 1.165) is 19.3 Å². The average molecular weight is 200 g/mol. The molecule has 1 saturated carbocycles. The minimum absolute atomic E-state index is 0.0969. The van der Waals surface area contributed by atoms with Crippen LogP contribution in [0.3, 0.4) is 0 Å². The van der Waals surface area contributed by atoms with Crippen molar-refractivity contribution in [3.63, 3.8) is 0 Å². The van der Waals surface area contributed by atoms with Gasteiger partial charge in [0.15, 0.2) is 0 Å². The Labute approximate surface area is 84.9 Å². The quantitative estimate of drug-likeness (QED) is 0.630. The molecule has 1 aliphatic rings. The van der Waals surface area contributed by atoms with Crippen LogP contribution in [0.2, 0.25) is 0 Å². The van der Waals surface area contributed by atoms with Crippen LogP contribution in [-0.4, -0.2) is 23.3 Å². The normalized spacial score (nSPS) is 33.0. The average Bonchev–Trinajstić information content (AvgIpc) is 2.07. The Balaban J connectivity index is 2.48. The first-order chi connectivity index (χ1) is 6.50. The first-order valence-corrected chi connectivity index (χ1v) is 5.25. The van der Waals surface area contributed by atoms with E-state index in [1.165, 1.54) is 0 Å². The van der Waals surface area contributed by atoms with E-state index in [9.17, 15) is 4.79 Å². The highest BCUT2D eigenvalue weighted by atomic mass is 16.4. The van der Waals surface area contributed by atoms with Crippen molar-refractivity contribution in [2.45, 2.75) is 45.2 Å². The summed E-state index contributed by atoms with van der Waals surface area (Å²) in [4.78, 5) is 10.5. The van der Waals surface area contributed by atoms with Gasteiger partial charge in [0.05, 0.1) is 0 Å². The summed E-state index contributed by atoms with van der Waals surface area (Å²) < 4.78 is 0. The number of hydrogen-bond acceptors (Lipinski definition) is 2. The third-order valence-electron chi connectivity index (χ3n) is 3.14. The summed E-state index contributed by atoms with van der Waals surface area (Å²) in [5, 5.41) is 11.2. The van der Waals surface area contributed by atoms with E-state index in [4.69, 9.17) is 10.8 Å². The maximum absolute atomic E-state index is 10.5. The van der Waals surface area contributed by atoms with Crippen molar-refractivity contribution in [2.24, 2.45) is 17.6 Å². The largest absolute Gasteiger partial charge is 0.465 e. The zero-order chi connectivity index (χ0) is 10.7. The molecule has 1 amide bonds. The van der Waals surface area contributed by atoms with Gasteiger partial charge in [-0.15, -0.1) is 0 Å². The number of nitrogens with one attached hydrogen (secondary N) is 1. The zero-order valence-electron chi connectivity index (χ0n) is 8.86. The maximum Gasteiger partial charge on any atom is 0.404 e. The fraction of sp³-hybridized carbons (Fsp3) is 0.900. The molecule has 0 aromatic heterocycles. The van der Waals surface area contributed by atoms with E-state index >= 15 is 0 Å². The molecule has 0 unspecified atom stereocenters. The second-order valence-electron chi connectivity index (χ2n) is 4.53. The van der Waals surface area contributed by atoms with Crippen molar-refractivity contribution < 1.29 is 9.90 Å². The van der Waals surface area contributed by atoms with Crippen LogP contribution in [0.1, 0.15) is 33.1 Å². The molecule has 0 spiro atoms. The summed E-state index contributed by atoms with van der Waals surface area (Å²) in [6.45, 7) is 4.29. The molecule has 14 heavy (non-hydrogen) atoms. The van der Waals surface area contributed by atoms with Crippen molar-refractivity contribution in [1.82, 2.24) is 5.32 Å². The van der Waals surface area contributed by atoms with Crippen LogP contribution < -0.4 is 11.1 Å². The number of carbonyl (C=O) groups is 1. The standard InChI is InChI=1S/C10H20N2O2/c1-6(2)8-5-7(12-10(13)14)3-4-9(8)11/h6-9,12H,3-5,11H2,1-2H3,(H,13,14)/t7-,8+,9+/m1/s1. The van der Waals surface area contributed by atoms with Gasteiger partial charge in [0.25, 0.3) is 0 Å². The Bertz CT molecular complexity index is 206. The molecule has 1 rings (SSSR count). The molecule has 0 bridgehead atoms. The van der Waals surface area contributed by atoms with E-state index in [2.05, 4.69) is 19.2 Å². The van der Waals surface area contributed by atoms with Crippen molar-refractivity contribution in [3.8, 4) is 0 Å². The van der Waals surface area contributed by atoms with Gasteiger partial charge in [-0.05, 0) is 31.1 Å². The van der Waals surface area contributed by atoms with Crippen molar-refractivity contribution in [3.05, 3.63) is 0 Å². The zero-order valence-corrected chi connectivity index (χ0v) is 8.86. The first-order valence-electron chi connectivity index (χ1n) is 5.25. The molecule has 4 heteroatoms. The van der Waals surface area contributed by atoms with Gasteiger partial charge in [-0.2, -0.15) is 0 Å². The lowest BCUT2D eigenvalue weighted by Crippen LogP contribution is -2.46. The summed E-state index contributed by atoms with van der Waals surface area (Å²) in [7, 11) is 0. The predicted octanol–water partition coefficient (Wildman–Crippen LogP) is 1.41. The Morgan fingerprint density at radius 1 is 1.50 bits per heavy atom. The van der Waals surface area contributed by atoms with Gasteiger partial charge in [0.2, 0.25) is 0 Å². The molecule has 82 valence electrons. The van der Waals surface area contributed by atoms with Gasteiger partial charge in [0, 0.05) is 12.1 Å². The third kappa shape index (κ3) is 2.87. The van der Waals surface area contributed by atoms with Crippen LogP contribution in [0.15, 0.2) is 0 Å². The second kappa shape index (κ2) is 4.64. The molecular weight excluding hydrogens is 180 g/mol. The fourth-order valence-corrected chi connectivity index (χ4v) is 2.30. The number of nitrogens with two attached hydrogens (primary N) is 1. The summed E-state index contributed by atoms with van der Waals surface area (Å²) in [5.41, 5.74) is 6.00. The predicted molar refractivity (Wildman–Crippen MR) is 55.1 cm³/mol. The van der Waals surface area contributed by atoms with Crippen molar-refractivity contribution in [2.75, 3.05) is 0 Å². The van der Waals surface area contributed by atoms with Crippen LogP contribution in [0, 0.1) is 11.8 Å². The SMILES string of the molecule is CC(C)[C@@H]1C[C@H](NC(=O)O)CC[C@@H]1N. The monoisotopic (exact) mass is 200 g/mol. The van der Waals surface area contributed by atoms with Crippen molar-refractivity contribution >= 4 is 6.09 Å². The molecule has 3 atom stereocenters. The highest BCUT2D eigenvalue weighted by Crippen LogP contribution is 2.29. The van der Waals surface area contributed by atoms with E-state index in [1.807, 2.05) is 0 Å². The summed E-state index contributed by atoms with van der Waals surface area (Å²) >= 11 is 0. The Morgan fingerprint density at radius 3 is 2.64 bits per heavy atom. The lowest BCUT2D eigenvalue weighted by atomic mass is 9.76. The molecule has 4 N–H and O–H groups in total. The Morgan fingerprint density at radius 2 is 2.14 bits per heavy atom. The van der Waals surface area contributed by atoms with E-state index < -0.39 is 6.09 Å². The van der Waals surface area contributed by atoms with Crippen LogP contribution in [0.4, 0.5) is 4.79 Å². The number of carboxylic acid groups (broad SMARTS) is 1. The van der Waals surface area contributed by atoms with Gasteiger partial charge in [-0.25, -0.2) is 4.79 Å². The molecule has 4 nitrogen and oxygen atoms in total. The highest BCUT2D eigenvalue weighted by molar-refractivity contribution is 5.64. The molecule has 0 radical (unpaired) electrons. The summed E-state index contributed by atoms with van der Waals surface area (Å²) in [6, 6.07) is 0.335. The molecule has 0 aromatic carbocycles. The molecule has 1 fully saturated rings. The first kappa shape index (κ1) is 11.3. The van der Waals surface area contributed by atoms with Crippen LogP contribution in [-0.2, 0) is 0 Å². The summed E-state index contributed by atoms with van der Waals surface area (Å²) in [5.74, 6) is 0.976. The van der Waals surface area contributed by atoms with E-state index in [0.29, 0.717) is 11.8 Å². The second-order valence-corrected chi connectivity index (χ2v) is 4.53. The maximum atomic E-state index is 10.5. The molecule has 0 aliphatic heterocycles. The van der Waals surface area contributed by atoms with Crippen molar-refractivity contribution in [1.29, 1.82) is 0 Å². The minimum Gasteiger partial charge on any atom is -0.465 e. The lowest BCUT2D eigenvalue weighted by molar-refractivity contribution is 0.167. The Kier molecular flexibility index (Phi) is 3.75. The highest BCUT2D eigenvalue weighted by Gasteiger charge is 2.30. The smallest absolute Gasteiger partial charge is 0.404 e. The minimum atomic E-state index is -0.923. The van der Waals surface area contributed by atoms with Gasteiger partial charge in [-0.1, -0.05) is 13.8 Å². The van der Waals surface area contributed by atoms with E-state index in [-0.39, 0.29) is 12.1 Å². The van der Waals surface area contributed by atoms with Gasteiger partial charge < -0.3 is 16.2 Å². The number of amides is 1. The Hall–Kier alpha value is -0.770. The fourth-order valence-electron chi connectivity index (χ4n) is 2.30. The van der Waals surface area contributed by atoms with Crippen LogP contribution in [0.5, 0.6) is 0 Å². The summed E-state index contributed by atoms with van der Waals surface area (Å²) in [6.07, 6.45) is 1.75.